The van der Waals surface area contributed by atoms with Gasteiger partial charge >= 0.3 is 0 Å². The number of hydrogen-bond donors (Lipinski definition) is 1. The number of benzene rings is 2. The predicted octanol–water partition coefficient (Wildman–Crippen LogP) is 3.60. The van der Waals surface area contributed by atoms with Gasteiger partial charge in [-0.1, -0.05) is 29.8 Å². The SMILES string of the molecule is COc1cccc(CS(=O)(=O)[C@H](C)C(=O)Nc2cccc(Cl)c2C)c1. The Morgan fingerprint density at radius 2 is 1.92 bits per heavy atom. The topological polar surface area (TPSA) is 72.5 Å². The maximum absolute atomic E-state index is 12.6. The van der Waals surface area contributed by atoms with Crippen LogP contribution >= 0.6 is 11.6 Å². The molecule has 2 rings (SSSR count). The Labute approximate surface area is 152 Å². The zero-order valence-electron chi connectivity index (χ0n) is 14.2. The van der Waals surface area contributed by atoms with Crippen LogP contribution in [-0.4, -0.2) is 26.7 Å². The van der Waals surface area contributed by atoms with Gasteiger partial charge in [-0.2, -0.15) is 0 Å². The lowest BCUT2D eigenvalue weighted by Gasteiger charge is -2.15. The van der Waals surface area contributed by atoms with Gasteiger partial charge in [-0.25, -0.2) is 8.42 Å². The second-order valence-corrected chi connectivity index (χ2v) is 8.43. The van der Waals surface area contributed by atoms with E-state index in [4.69, 9.17) is 16.3 Å². The van der Waals surface area contributed by atoms with Crippen molar-refractivity contribution in [1.29, 1.82) is 0 Å². The van der Waals surface area contributed by atoms with Crippen molar-refractivity contribution in [2.75, 3.05) is 12.4 Å². The highest BCUT2D eigenvalue weighted by Crippen LogP contribution is 2.24. The highest BCUT2D eigenvalue weighted by atomic mass is 35.5. The lowest BCUT2D eigenvalue weighted by atomic mass is 10.2. The van der Waals surface area contributed by atoms with E-state index in [1.807, 2.05) is 0 Å². The number of hydrogen-bond acceptors (Lipinski definition) is 4. The minimum absolute atomic E-state index is 0.243. The summed E-state index contributed by atoms with van der Waals surface area (Å²) in [7, 11) is -2.17. The lowest BCUT2D eigenvalue weighted by molar-refractivity contribution is -0.115. The van der Waals surface area contributed by atoms with Gasteiger partial charge in [0, 0.05) is 10.7 Å². The molecule has 5 nitrogen and oxygen atoms in total. The van der Waals surface area contributed by atoms with Crippen LogP contribution < -0.4 is 10.1 Å². The van der Waals surface area contributed by atoms with E-state index in [-0.39, 0.29) is 5.75 Å². The van der Waals surface area contributed by atoms with Crippen LogP contribution in [0.25, 0.3) is 0 Å². The third-order valence-corrected chi connectivity index (χ3v) is 6.37. The van der Waals surface area contributed by atoms with Crippen LogP contribution in [0.4, 0.5) is 5.69 Å². The molecule has 1 amide bonds. The summed E-state index contributed by atoms with van der Waals surface area (Å²) < 4.78 is 30.2. The van der Waals surface area contributed by atoms with E-state index in [1.165, 1.54) is 14.0 Å². The minimum atomic E-state index is -3.68. The van der Waals surface area contributed by atoms with E-state index in [0.29, 0.717) is 27.6 Å². The number of halogens is 1. The third kappa shape index (κ3) is 4.74. The Morgan fingerprint density at radius 3 is 2.60 bits per heavy atom. The van der Waals surface area contributed by atoms with Gasteiger partial charge in [-0.3, -0.25) is 4.79 Å². The first kappa shape index (κ1) is 19.3. The van der Waals surface area contributed by atoms with E-state index < -0.39 is 21.0 Å². The van der Waals surface area contributed by atoms with Crippen molar-refractivity contribution in [2.45, 2.75) is 24.9 Å². The molecule has 25 heavy (non-hydrogen) atoms. The lowest BCUT2D eigenvalue weighted by Crippen LogP contribution is -2.33. The highest BCUT2D eigenvalue weighted by Gasteiger charge is 2.28. The van der Waals surface area contributed by atoms with Crippen LogP contribution in [0, 0.1) is 6.92 Å². The average Bonchev–Trinajstić information content (AvgIpc) is 2.58. The van der Waals surface area contributed by atoms with Crippen molar-refractivity contribution in [3.8, 4) is 5.75 Å². The maximum Gasteiger partial charge on any atom is 0.242 e. The number of sulfone groups is 1. The van der Waals surface area contributed by atoms with Gasteiger partial charge in [0.05, 0.1) is 12.9 Å². The molecule has 0 saturated heterocycles. The average molecular weight is 382 g/mol. The van der Waals surface area contributed by atoms with Crippen LogP contribution in [0.2, 0.25) is 5.02 Å². The first-order valence-corrected chi connectivity index (χ1v) is 9.74. The number of rotatable bonds is 6. The van der Waals surface area contributed by atoms with Gasteiger partial charge in [0.25, 0.3) is 0 Å². The molecule has 0 aromatic heterocycles. The number of ether oxygens (including phenoxy) is 1. The molecule has 0 bridgehead atoms. The standard InChI is InChI=1S/C18H20ClNO4S/c1-12-16(19)8-5-9-17(12)20-18(21)13(2)25(22,23)11-14-6-4-7-15(10-14)24-3/h4-10,13H,11H2,1-3H3,(H,20,21)/t13-/m1/s1. The van der Waals surface area contributed by atoms with Gasteiger partial charge in [-0.05, 0) is 49.2 Å². The van der Waals surface area contributed by atoms with Crippen LogP contribution in [0.3, 0.4) is 0 Å². The van der Waals surface area contributed by atoms with Crippen LogP contribution in [0.15, 0.2) is 42.5 Å². The summed E-state index contributed by atoms with van der Waals surface area (Å²) >= 11 is 6.02. The molecule has 2 aromatic rings. The van der Waals surface area contributed by atoms with Gasteiger partial charge in [0.15, 0.2) is 9.84 Å². The zero-order chi connectivity index (χ0) is 18.6. The molecule has 0 spiro atoms. The smallest absolute Gasteiger partial charge is 0.242 e. The third-order valence-electron chi connectivity index (χ3n) is 3.94. The molecule has 0 aliphatic heterocycles. The molecule has 0 saturated carbocycles. The molecule has 0 aliphatic rings. The number of nitrogens with one attached hydrogen (secondary N) is 1. The molecule has 0 unspecified atom stereocenters. The second kappa shape index (κ2) is 7.89. The second-order valence-electron chi connectivity index (χ2n) is 5.70. The molecular weight excluding hydrogens is 362 g/mol. The summed E-state index contributed by atoms with van der Waals surface area (Å²) in [6, 6.07) is 11.9. The van der Waals surface area contributed by atoms with Crippen molar-refractivity contribution in [1.82, 2.24) is 0 Å². The number of amides is 1. The van der Waals surface area contributed by atoms with Crippen LogP contribution in [-0.2, 0) is 20.4 Å². The van der Waals surface area contributed by atoms with Gasteiger partial charge in [0.1, 0.15) is 11.0 Å². The summed E-state index contributed by atoms with van der Waals surface area (Å²) in [5, 5.41) is 1.95. The summed E-state index contributed by atoms with van der Waals surface area (Å²) in [4.78, 5) is 12.4. The monoisotopic (exact) mass is 381 g/mol. The number of methoxy groups -OCH3 is 1. The normalized spacial score (nSPS) is 12.5. The van der Waals surface area contributed by atoms with E-state index in [9.17, 15) is 13.2 Å². The number of anilines is 1. The Bertz CT molecular complexity index is 880. The fourth-order valence-corrected chi connectivity index (χ4v) is 3.71. The maximum atomic E-state index is 12.6. The zero-order valence-corrected chi connectivity index (χ0v) is 15.8. The van der Waals surface area contributed by atoms with Crippen molar-refractivity contribution in [3.63, 3.8) is 0 Å². The molecule has 0 radical (unpaired) electrons. The van der Waals surface area contributed by atoms with E-state index in [1.54, 1.807) is 49.4 Å². The number of carbonyl (C=O) groups is 1. The van der Waals surface area contributed by atoms with Crippen LogP contribution in [0.1, 0.15) is 18.1 Å². The fourth-order valence-electron chi connectivity index (χ4n) is 2.26. The molecule has 0 aliphatic carbocycles. The molecule has 1 N–H and O–H groups in total. The largest absolute Gasteiger partial charge is 0.497 e. The molecule has 0 fully saturated rings. The molecule has 0 heterocycles. The van der Waals surface area contributed by atoms with E-state index in [0.717, 1.165) is 0 Å². The summed E-state index contributed by atoms with van der Waals surface area (Å²) in [5.41, 5.74) is 1.76. The van der Waals surface area contributed by atoms with Crippen molar-refractivity contribution in [3.05, 3.63) is 58.6 Å². The van der Waals surface area contributed by atoms with E-state index in [2.05, 4.69) is 5.32 Å². The van der Waals surface area contributed by atoms with Gasteiger partial charge in [0.2, 0.25) is 5.91 Å². The van der Waals surface area contributed by atoms with Gasteiger partial charge < -0.3 is 10.1 Å². The Kier molecular flexibility index (Phi) is 6.08. The first-order chi connectivity index (χ1) is 11.7. The fraction of sp³-hybridized carbons (Fsp3) is 0.278. The quantitative estimate of drug-likeness (QED) is 0.829. The van der Waals surface area contributed by atoms with Crippen molar-refractivity contribution < 1.29 is 17.9 Å². The number of carbonyl (C=O) groups excluding carboxylic acids is 1. The summed E-state index contributed by atoms with van der Waals surface area (Å²) in [5.74, 6) is -0.263. The summed E-state index contributed by atoms with van der Waals surface area (Å²) in [6.07, 6.45) is 0. The molecule has 2 aromatic carbocycles. The Morgan fingerprint density at radius 1 is 1.24 bits per heavy atom. The summed E-state index contributed by atoms with van der Waals surface area (Å²) in [6.45, 7) is 3.14. The van der Waals surface area contributed by atoms with E-state index >= 15 is 0 Å². The minimum Gasteiger partial charge on any atom is -0.497 e. The molecule has 134 valence electrons. The highest BCUT2D eigenvalue weighted by molar-refractivity contribution is 7.92. The first-order valence-electron chi connectivity index (χ1n) is 7.65. The molecule has 1 atom stereocenters. The molecule has 7 heteroatoms. The molecular formula is C18H20ClNO4S. The van der Waals surface area contributed by atoms with Crippen molar-refractivity contribution >= 4 is 33.0 Å². The Balaban J connectivity index is 2.15. The van der Waals surface area contributed by atoms with Crippen LogP contribution in [0.5, 0.6) is 5.75 Å². The predicted molar refractivity (Wildman–Crippen MR) is 99.9 cm³/mol. The van der Waals surface area contributed by atoms with Crippen molar-refractivity contribution in [2.24, 2.45) is 0 Å². The Hall–Kier alpha value is -2.05. The van der Waals surface area contributed by atoms with Gasteiger partial charge in [-0.15, -0.1) is 0 Å².